The molecule has 43 heavy (non-hydrogen) atoms. The summed E-state index contributed by atoms with van der Waals surface area (Å²) in [5.74, 6) is 0. The van der Waals surface area contributed by atoms with Crippen molar-refractivity contribution in [1.82, 2.24) is 0 Å². The molecule has 0 saturated carbocycles. The van der Waals surface area contributed by atoms with Crippen LogP contribution in [0.15, 0.2) is 24.3 Å². The standard InChI is InChI=1S/C33H60O10/c1-2-3-4-5-6-7-8-9-31-10-12-32(13-11-31)33(35)30-43-29-28-42-27-26-41-25-24-40-23-22-39-21-20-38-19-18-37-17-16-36-15-14-34/h10-13,33-35H,2-9,14-30H2,1H3. The van der Waals surface area contributed by atoms with Crippen LogP contribution in [0, 0.1) is 0 Å². The second-order valence-electron chi connectivity index (χ2n) is 10.2. The van der Waals surface area contributed by atoms with E-state index in [2.05, 4.69) is 19.1 Å². The fourth-order valence-corrected chi connectivity index (χ4v) is 4.09. The van der Waals surface area contributed by atoms with Crippen molar-refractivity contribution in [2.75, 3.05) is 112 Å². The van der Waals surface area contributed by atoms with Gasteiger partial charge in [0.2, 0.25) is 0 Å². The lowest BCUT2D eigenvalue weighted by Crippen LogP contribution is -2.15. The van der Waals surface area contributed by atoms with Crippen LogP contribution in [0.2, 0.25) is 0 Å². The summed E-state index contributed by atoms with van der Waals surface area (Å²) < 4.78 is 43.3. The molecule has 0 radical (unpaired) electrons. The van der Waals surface area contributed by atoms with Gasteiger partial charge in [-0.25, -0.2) is 0 Å². The number of aliphatic hydroxyl groups excluding tert-OH is 2. The van der Waals surface area contributed by atoms with Crippen molar-refractivity contribution < 1.29 is 48.1 Å². The van der Waals surface area contributed by atoms with Crippen molar-refractivity contribution in [3.05, 3.63) is 35.4 Å². The molecule has 1 unspecified atom stereocenters. The molecule has 0 aliphatic carbocycles. The summed E-state index contributed by atoms with van der Waals surface area (Å²) in [6.07, 6.45) is 9.70. The van der Waals surface area contributed by atoms with Gasteiger partial charge in [-0.05, 0) is 24.0 Å². The Morgan fingerprint density at radius 1 is 0.488 bits per heavy atom. The number of rotatable bonds is 34. The molecule has 0 fully saturated rings. The maximum atomic E-state index is 10.4. The fraction of sp³-hybridized carbons (Fsp3) is 0.818. The van der Waals surface area contributed by atoms with Gasteiger partial charge >= 0.3 is 0 Å². The minimum atomic E-state index is -0.630. The smallest absolute Gasteiger partial charge is 0.102 e. The van der Waals surface area contributed by atoms with Gasteiger partial charge in [-0.3, -0.25) is 0 Å². The van der Waals surface area contributed by atoms with Gasteiger partial charge in [0.1, 0.15) is 6.10 Å². The molecule has 0 heterocycles. The molecule has 1 atom stereocenters. The molecule has 1 aromatic carbocycles. The van der Waals surface area contributed by atoms with Gasteiger partial charge in [0.25, 0.3) is 0 Å². The van der Waals surface area contributed by atoms with E-state index in [1.807, 2.05) is 12.1 Å². The Balaban J connectivity index is 1.80. The first-order valence-corrected chi connectivity index (χ1v) is 16.3. The number of ether oxygens (including phenoxy) is 8. The normalized spacial score (nSPS) is 12.3. The van der Waals surface area contributed by atoms with E-state index >= 15 is 0 Å². The van der Waals surface area contributed by atoms with Crippen LogP contribution < -0.4 is 0 Å². The van der Waals surface area contributed by atoms with Gasteiger partial charge in [0, 0.05) is 0 Å². The molecule has 2 N–H and O–H groups in total. The van der Waals surface area contributed by atoms with Crippen molar-refractivity contribution in [3.63, 3.8) is 0 Å². The van der Waals surface area contributed by atoms with Crippen molar-refractivity contribution in [1.29, 1.82) is 0 Å². The molecule has 0 spiro atoms. The number of hydrogen-bond acceptors (Lipinski definition) is 10. The third-order valence-corrected chi connectivity index (χ3v) is 6.55. The largest absolute Gasteiger partial charge is 0.394 e. The third-order valence-electron chi connectivity index (χ3n) is 6.55. The first-order valence-electron chi connectivity index (χ1n) is 16.3. The molecule has 1 aromatic rings. The Hall–Kier alpha value is -1.18. The minimum absolute atomic E-state index is 0.0264. The van der Waals surface area contributed by atoms with Crippen LogP contribution in [0.1, 0.15) is 69.1 Å². The zero-order valence-electron chi connectivity index (χ0n) is 26.7. The van der Waals surface area contributed by atoms with E-state index in [0.29, 0.717) is 99.1 Å². The van der Waals surface area contributed by atoms with E-state index in [1.165, 1.54) is 50.5 Å². The van der Waals surface area contributed by atoms with Crippen molar-refractivity contribution in [2.45, 2.75) is 64.4 Å². The minimum Gasteiger partial charge on any atom is -0.394 e. The highest BCUT2D eigenvalue weighted by Gasteiger charge is 2.08. The van der Waals surface area contributed by atoms with Crippen LogP contribution in [-0.2, 0) is 44.3 Å². The molecular formula is C33H60O10. The Morgan fingerprint density at radius 3 is 1.28 bits per heavy atom. The van der Waals surface area contributed by atoms with E-state index in [9.17, 15) is 5.11 Å². The van der Waals surface area contributed by atoms with Gasteiger partial charge in [0.15, 0.2) is 0 Å². The summed E-state index contributed by atoms with van der Waals surface area (Å²) >= 11 is 0. The zero-order valence-corrected chi connectivity index (χ0v) is 26.7. The lowest BCUT2D eigenvalue weighted by Gasteiger charge is -2.13. The molecule has 1 rings (SSSR count). The van der Waals surface area contributed by atoms with Crippen molar-refractivity contribution in [3.8, 4) is 0 Å². The second-order valence-corrected chi connectivity index (χ2v) is 10.2. The highest BCUT2D eigenvalue weighted by Crippen LogP contribution is 2.16. The lowest BCUT2D eigenvalue weighted by atomic mass is 10.0. The Bertz CT molecular complexity index is 676. The van der Waals surface area contributed by atoms with Gasteiger partial charge in [-0.15, -0.1) is 0 Å². The number of aliphatic hydroxyl groups is 2. The quantitative estimate of drug-likeness (QED) is 0.110. The van der Waals surface area contributed by atoms with Crippen molar-refractivity contribution in [2.24, 2.45) is 0 Å². The summed E-state index contributed by atoms with van der Waals surface area (Å²) in [4.78, 5) is 0. The third kappa shape index (κ3) is 26.9. The molecular weight excluding hydrogens is 556 g/mol. The predicted octanol–water partition coefficient (Wildman–Crippen LogP) is 4.14. The molecule has 0 amide bonds. The SMILES string of the molecule is CCCCCCCCCc1ccc(C(O)COCCOCCOCCOCCOCCOCCOCCOCCO)cc1. The summed E-state index contributed by atoms with van der Waals surface area (Å²) in [6, 6.07) is 8.25. The number of unbranched alkanes of at least 4 members (excludes halogenated alkanes) is 6. The molecule has 0 saturated heterocycles. The van der Waals surface area contributed by atoms with E-state index in [1.54, 1.807) is 0 Å². The van der Waals surface area contributed by atoms with E-state index in [4.69, 9.17) is 43.0 Å². The van der Waals surface area contributed by atoms with Crippen LogP contribution in [0.5, 0.6) is 0 Å². The maximum absolute atomic E-state index is 10.4. The Kier molecular flexibility index (Phi) is 29.9. The van der Waals surface area contributed by atoms with Gasteiger partial charge in [-0.1, -0.05) is 69.7 Å². The average Bonchev–Trinajstić information content (AvgIpc) is 3.03. The topological polar surface area (TPSA) is 114 Å². The molecule has 0 aliphatic heterocycles. The first kappa shape index (κ1) is 39.8. The number of hydrogen-bond donors (Lipinski definition) is 2. The highest BCUT2D eigenvalue weighted by molar-refractivity contribution is 5.24. The van der Waals surface area contributed by atoms with Crippen LogP contribution in [-0.4, -0.2) is 123 Å². The zero-order chi connectivity index (χ0) is 30.9. The maximum Gasteiger partial charge on any atom is 0.102 e. The number of aryl methyl sites for hydroxylation is 1. The Morgan fingerprint density at radius 2 is 0.860 bits per heavy atom. The average molecular weight is 617 g/mol. The van der Waals surface area contributed by atoms with Crippen LogP contribution in [0.25, 0.3) is 0 Å². The van der Waals surface area contributed by atoms with Crippen LogP contribution in [0.4, 0.5) is 0 Å². The monoisotopic (exact) mass is 616 g/mol. The van der Waals surface area contributed by atoms with Crippen LogP contribution in [0.3, 0.4) is 0 Å². The second kappa shape index (κ2) is 32.2. The van der Waals surface area contributed by atoms with E-state index < -0.39 is 6.10 Å². The van der Waals surface area contributed by atoms with Gasteiger partial charge in [0.05, 0.1) is 112 Å². The van der Waals surface area contributed by atoms with Crippen molar-refractivity contribution >= 4 is 0 Å². The first-order chi connectivity index (χ1) is 21.3. The highest BCUT2D eigenvalue weighted by atomic mass is 16.6. The molecule has 0 aromatic heterocycles. The summed E-state index contributed by atoms with van der Waals surface area (Å²) in [5.41, 5.74) is 2.22. The lowest BCUT2D eigenvalue weighted by molar-refractivity contribution is -0.0274. The number of benzene rings is 1. The molecule has 0 aliphatic rings. The summed E-state index contributed by atoms with van der Waals surface area (Å²) in [7, 11) is 0. The molecule has 10 nitrogen and oxygen atoms in total. The Labute approximate surface area is 260 Å². The molecule has 0 bridgehead atoms. The summed E-state index contributed by atoms with van der Waals surface area (Å²) in [6.45, 7) is 9.72. The predicted molar refractivity (Wildman–Crippen MR) is 167 cm³/mol. The van der Waals surface area contributed by atoms with Gasteiger partial charge < -0.3 is 48.1 Å². The van der Waals surface area contributed by atoms with E-state index in [-0.39, 0.29) is 13.2 Å². The van der Waals surface area contributed by atoms with E-state index in [0.717, 1.165) is 12.0 Å². The fourth-order valence-electron chi connectivity index (χ4n) is 4.09. The molecule has 252 valence electrons. The summed E-state index contributed by atoms with van der Waals surface area (Å²) in [5, 5.41) is 19.0. The van der Waals surface area contributed by atoms with Gasteiger partial charge in [-0.2, -0.15) is 0 Å². The molecule has 10 heteroatoms. The van der Waals surface area contributed by atoms with Crippen LogP contribution >= 0.6 is 0 Å².